The minimum Gasteiger partial charge on any atom is -0.426 e. The van der Waals surface area contributed by atoms with Crippen LogP contribution in [0.4, 0.5) is 0 Å². The third kappa shape index (κ3) is 3.28. The molecule has 0 bridgehead atoms. The summed E-state index contributed by atoms with van der Waals surface area (Å²) in [5.74, 6) is 0.0461. The van der Waals surface area contributed by atoms with Crippen molar-refractivity contribution in [1.82, 2.24) is 0 Å². The van der Waals surface area contributed by atoms with E-state index in [2.05, 4.69) is 0 Å². The lowest BCUT2D eigenvalue weighted by atomic mass is 10.1. The Kier molecular flexibility index (Phi) is 3.86. The molecule has 0 aliphatic rings. The van der Waals surface area contributed by atoms with E-state index in [0.717, 1.165) is 5.56 Å². The Morgan fingerprint density at radius 2 is 1.83 bits per heavy atom. The van der Waals surface area contributed by atoms with Crippen molar-refractivity contribution in [1.29, 1.82) is 0 Å². The van der Waals surface area contributed by atoms with E-state index < -0.39 is 0 Å². The number of aldehydes is 1. The van der Waals surface area contributed by atoms with Crippen LogP contribution in [0.3, 0.4) is 0 Å². The summed E-state index contributed by atoms with van der Waals surface area (Å²) >= 11 is 0. The third-order valence-electron chi connectivity index (χ3n) is 2.42. The van der Waals surface area contributed by atoms with Gasteiger partial charge in [0.2, 0.25) is 0 Å². The van der Waals surface area contributed by atoms with Crippen LogP contribution >= 0.6 is 0 Å². The lowest BCUT2D eigenvalue weighted by molar-refractivity contribution is -0.133. The lowest BCUT2D eigenvalue weighted by Crippen LogP contribution is -2.11. The Bertz CT molecular complexity index is 547. The van der Waals surface area contributed by atoms with Crippen LogP contribution in [0.25, 0.3) is 0 Å². The van der Waals surface area contributed by atoms with Gasteiger partial charge in [0.1, 0.15) is 12.0 Å². The van der Waals surface area contributed by atoms with Crippen molar-refractivity contribution in [3.63, 3.8) is 0 Å². The Morgan fingerprint density at radius 1 is 1.06 bits per heavy atom. The number of rotatable bonds is 4. The van der Waals surface area contributed by atoms with Crippen LogP contribution < -0.4 is 4.74 Å². The van der Waals surface area contributed by atoms with Crippen molar-refractivity contribution < 1.29 is 14.3 Å². The Hall–Kier alpha value is -2.42. The molecule has 0 radical (unpaired) electrons. The maximum absolute atomic E-state index is 11.7. The molecular formula is C15H12O3. The van der Waals surface area contributed by atoms with E-state index in [0.29, 0.717) is 17.6 Å². The van der Waals surface area contributed by atoms with E-state index in [9.17, 15) is 9.59 Å². The molecule has 0 aliphatic carbocycles. The highest BCUT2D eigenvalue weighted by atomic mass is 16.5. The molecule has 3 heteroatoms. The predicted octanol–water partition coefficient (Wildman–Crippen LogP) is 2.65. The summed E-state index contributed by atoms with van der Waals surface area (Å²) in [6.45, 7) is 0. The number of hydrogen-bond acceptors (Lipinski definition) is 3. The number of ether oxygens (including phenoxy) is 1. The summed E-state index contributed by atoms with van der Waals surface area (Å²) in [5, 5.41) is 0. The summed E-state index contributed by atoms with van der Waals surface area (Å²) in [6, 6.07) is 15.9. The van der Waals surface area contributed by atoms with E-state index in [1.165, 1.54) is 6.07 Å². The smallest absolute Gasteiger partial charge is 0.315 e. The molecule has 0 fully saturated rings. The van der Waals surface area contributed by atoms with E-state index in [1.807, 2.05) is 30.3 Å². The maximum Gasteiger partial charge on any atom is 0.315 e. The number of carbonyl (C=O) groups excluding carboxylic acids is 2. The highest BCUT2D eigenvalue weighted by Gasteiger charge is 2.06. The minimum absolute atomic E-state index is 0.214. The summed E-state index contributed by atoms with van der Waals surface area (Å²) < 4.78 is 5.16. The van der Waals surface area contributed by atoms with Gasteiger partial charge in [-0.05, 0) is 17.7 Å². The summed E-state index contributed by atoms with van der Waals surface area (Å²) in [6.07, 6.45) is 0.931. The van der Waals surface area contributed by atoms with E-state index in [-0.39, 0.29) is 12.4 Å². The number of esters is 1. The number of benzene rings is 2. The van der Waals surface area contributed by atoms with Gasteiger partial charge < -0.3 is 4.74 Å². The van der Waals surface area contributed by atoms with Gasteiger partial charge in [-0.1, -0.05) is 42.5 Å². The molecule has 0 atom stereocenters. The molecule has 0 N–H and O–H groups in total. The molecule has 0 unspecified atom stereocenters. The van der Waals surface area contributed by atoms with Crippen LogP contribution in [-0.4, -0.2) is 12.3 Å². The van der Waals surface area contributed by atoms with E-state index >= 15 is 0 Å². The molecule has 0 aromatic heterocycles. The molecule has 2 rings (SSSR count). The van der Waals surface area contributed by atoms with Crippen molar-refractivity contribution in [3.8, 4) is 5.75 Å². The SMILES string of the molecule is O=Cc1cccc(OC(=O)Cc2ccccc2)c1. The first-order valence-electron chi connectivity index (χ1n) is 5.58. The fourth-order valence-corrected chi connectivity index (χ4v) is 1.58. The highest BCUT2D eigenvalue weighted by Crippen LogP contribution is 2.13. The monoisotopic (exact) mass is 240 g/mol. The van der Waals surface area contributed by atoms with Crippen LogP contribution in [0.2, 0.25) is 0 Å². The van der Waals surface area contributed by atoms with Gasteiger partial charge in [-0.3, -0.25) is 9.59 Å². The van der Waals surface area contributed by atoms with Gasteiger partial charge in [-0.25, -0.2) is 0 Å². The standard InChI is InChI=1S/C15H12O3/c16-11-13-7-4-8-14(9-13)18-15(17)10-12-5-2-1-3-6-12/h1-9,11H,10H2. The molecular weight excluding hydrogens is 228 g/mol. The molecule has 0 spiro atoms. The Balaban J connectivity index is 2.01. The van der Waals surface area contributed by atoms with Crippen molar-refractivity contribution >= 4 is 12.3 Å². The first kappa shape index (κ1) is 12.0. The third-order valence-corrected chi connectivity index (χ3v) is 2.42. The topological polar surface area (TPSA) is 43.4 Å². The van der Waals surface area contributed by atoms with Crippen LogP contribution in [0.1, 0.15) is 15.9 Å². The van der Waals surface area contributed by atoms with Gasteiger partial charge in [-0.15, -0.1) is 0 Å². The second-order valence-corrected chi connectivity index (χ2v) is 3.83. The molecule has 0 amide bonds. The van der Waals surface area contributed by atoms with Gasteiger partial charge >= 0.3 is 5.97 Å². The van der Waals surface area contributed by atoms with Crippen LogP contribution in [0.5, 0.6) is 5.75 Å². The predicted molar refractivity (Wildman–Crippen MR) is 67.6 cm³/mol. The Labute approximate surface area is 105 Å². The second kappa shape index (κ2) is 5.77. The molecule has 90 valence electrons. The van der Waals surface area contributed by atoms with Gasteiger partial charge in [0.15, 0.2) is 0 Å². The molecule has 0 aliphatic heterocycles. The van der Waals surface area contributed by atoms with Crippen LogP contribution in [0, 0.1) is 0 Å². The molecule has 2 aromatic carbocycles. The maximum atomic E-state index is 11.7. The van der Waals surface area contributed by atoms with Gasteiger partial charge in [0.25, 0.3) is 0 Å². The minimum atomic E-state index is -0.343. The second-order valence-electron chi connectivity index (χ2n) is 3.83. The summed E-state index contributed by atoms with van der Waals surface area (Å²) in [7, 11) is 0. The van der Waals surface area contributed by atoms with Crippen molar-refractivity contribution in [2.75, 3.05) is 0 Å². The molecule has 3 nitrogen and oxygen atoms in total. The number of hydrogen-bond donors (Lipinski definition) is 0. The fourth-order valence-electron chi connectivity index (χ4n) is 1.58. The normalized spacial score (nSPS) is 9.78. The average Bonchev–Trinajstić information content (AvgIpc) is 2.40. The zero-order valence-electron chi connectivity index (χ0n) is 9.71. The van der Waals surface area contributed by atoms with Gasteiger partial charge in [0.05, 0.1) is 6.42 Å². The molecule has 0 saturated heterocycles. The zero-order valence-corrected chi connectivity index (χ0v) is 9.71. The van der Waals surface area contributed by atoms with Crippen molar-refractivity contribution in [3.05, 3.63) is 65.7 Å². The van der Waals surface area contributed by atoms with E-state index in [1.54, 1.807) is 18.2 Å². The molecule has 0 saturated carbocycles. The number of carbonyl (C=O) groups is 2. The zero-order chi connectivity index (χ0) is 12.8. The quantitative estimate of drug-likeness (QED) is 0.469. The largest absolute Gasteiger partial charge is 0.426 e. The molecule has 18 heavy (non-hydrogen) atoms. The van der Waals surface area contributed by atoms with E-state index in [4.69, 9.17) is 4.74 Å². The summed E-state index contributed by atoms with van der Waals surface area (Å²) in [5.41, 5.74) is 1.38. The lowest BCUT2D eigenvalue weighted by Gasteiger charge is -2.04. The van der Waals surface area contributed by atoms with Gasteiger partial charge in [-0.2, -0.15) is 0 Å². The average molecular weight is 240 g/mol. The van der Waals surface area contributed by atoms with Crippen LogP contribution in [-0.2, 0) is 11.2 Å². The highest BCUT2D eigenvalue weighted by molar-refractivity contribution is 5.78. The Morgan fingerprint density at radius 3 is 2.56 bits per heavy atom. The fraction of sp³-hybridized carbons (Fsp3) is 0.0667. The first-order valence-corrected chi connectivity index (χ1v) is 5.58. The molecule has 2 aromatic rings. The summed E-state index contributed by atoms with van der Waals surface area (Å²) in [4.78, 5) is 22.3. The van der Waals surface area contributed by atoms with Crippen molar-refractivity contribution in [2.45, 2.75) is 6.42 Å². The van der Waals surface area contributed by atoms with Crippen molar-refractivity contribution in [2.24, 2.45) is 0 Å². The molecule has 0 heterocycles. The first-order chi connectivity index (χ1) is 8.78. The van der Waals surface area contributed by atoms with Crippen LogP contribution in [0.15, 0.2) is 54.6 Å². The van der Waals surface area contributed by atoms with Gasteiger partial charge in [0, 0.05) is 5.56 Å².